The Morgan fingerprint density at radius 2 is 2.08 bits per heavy atom. The van der Waals surface area contributed by atoms with Crippen LogP contribution in [0.5, 0.6) is 0 Å². The van der Waals surface area contributed by atoms with E-state index in [9.17, 15) is 14.3 Å². The van der Waals surface area contributed by atoms with Crippen molar-refractivity contribution in [3.05, 3.63) is 70.7 Å². The van der Waals surface area contributed by atoms with Gasteiger partial charge < -0.3 is 26.4 Å². The van der Waals surface area contributed by atoms with E-state index in [1.165, 1.54) is 61.8 Å². The van der Waals surface area contributed by atoms with E-state index >= 15 is 4.39 Å². The van der Waals surface area contributed by atoms with Gasteiger partial charge in [-0.25, -0.2) is 13.8 Å². The van der Waals surface area contributed by atoms with Gasteiger partial charge in [-0.15, -0.1) is 0 Å². The highest BCUT2D eigenvalue weighted by atomic mass is 19.1. The van der Waals surface area contributed by atoms with Crippen LogP contribution in [0.2, 0.25) is 0 Å². The summed E-state index contributed by atoms with van der Waals surface area (Å²) in [5.74, 6) is -0.878. The van der Waals surface area contributed by atoms with Crippen LogP contribution in [0.1, 0.15) is 67.0 Å². The van der Waals surface area contributed by atoms with Crippen molar-refractivity contribution >= 4 is 17.6 Å². The second-order valence-electron chi connectivity index (χ2n) is 10.6. The number of hydrogen-bond donors (Lipinski definition) is 4. The number of amides is 1. The topological polar surface area (TPSA) is 116 Å². The van der Waals surface area contributed by atoms with Crippen molar-refractivity contribution in [1.82, 2.24) is 15.2 Å². The molecule has 10 heteroatoms. The number of carbonyl (C=O) groups excluding carboxylic acids is 1. The van der Waals surface area contributed by atoms with Crippen LogP contribution in [-0.2, 0) is 0 Å². The van der Waals surface area contributed by atoms with Gasteiger partial charge in [0.25, 0.3) is 5.91 Å². The quantitative estimate of drug-likeness (QED) is 0.308. The van der Waals surface area contributed by atoms with Crippen LogP contribution < -0.4 is 16.4 Å². The first-order valence-electron chi connectivity index (χ1n) is 13.1. The maximum absolute atomic E-state index is 15.3. The van der Waals surface area contributed by atoms with E-state index in [1.807, 2.05) is 0 Å². The van der Waals surface area contributed by atoms with E-state index in [2.05, 4.69) is 25.5 Å². The zero-order chi connectivity index (χ0) is 26.9. The molecule has 1 aromatic carbocycles. The Morgan fingerprint density at radius 1 is 1.29 bits per heavy atom. The van der Waals surface area contributed by atoms with E-state index in [0.717, 1.165) is 37.4 Å². The number of carbonyl (C=O) groups is 1. The van der Waals surface area contributed by atoms with Crippen LogP contribution in [0, 0.1) is 17.6 Å². The predicted molar refractivity (Wildman–Crippen MR) is 141 cm³/mol. The number of pyridine rings is 1. The highest BCUT2D eigenvalue weighted by molar-refractivity contribution is 6.02. The van der Waals surface area contributed by atoms with Crippen molar-refractivity contribution in [2.45, 2.75) is 56.6 Å². The van der Waals surface area contributed by atoms with E-state index < -0.39 is 29.2 Å². The first kappa shape index (κ1) is 26.1. The van der Waals surface area contributed by atoms with Crippen molar-refractivity contribution in [3.8, 4) is 0 Å². The third-order valence-corrected chi connectivity index (χ3v) is 7.80. The summed E-state index contributed by atoms with van der Waals surface area (Å²) < 4.78 is 28.5. The van der Waals surface area contributed by atoms with Crippen molar-refractivity contribution in [3.63, 3.8) is 0 Å². The summed E-state index contributed by atoms with van der Waals surface area (Å²) in [6.07, 6.45) is 8.32. The molecule has 5 rings (SSSR count). The number of guanidine groups is 1. The summed E-state index contributed by atoms with van der Waals surface area (Å²) in [7, 11) is 1.52. The number of β-amino-alcohol motifs (C(OH)–C–C–N with tert-alkyl or cyclic N) is 1. The normalized spacial score (nSPS) is 22.2. The fourth-order valence-electron chi connectivity index (χ4n) is 5.28. The molecule has 2 unspecified atom stereocenters. The van der Waals surface area contributed by atoms with Crippen molar-refractivity contribution < 1.29 is 18.7 Å². The van der Waals surface area contributed by atoms with Crippen LogP contribution in [0.15, 0.2) is 52.8 Å². The lowest BCUT2D eigenvalue weighted by Gasteiger charge is -2.36. The molecule has 0 spiro atoms. The number of likely N-dealkylation sites (tertiary alicyclic amines) is 1. The molecule has 202 valence electrons. The molecule has 0 bridgehead atoms. The maximum atomic E-state index is 15.3. The molecule has 2 heterocycles. The van der Waals surface area contributed by atoms with Crippen LogP contribution in [0.3, 0.4) is 0 Å². The number of allylic oxidation sites excluding steroid dienone is 2. The maximum Gasteiger partial charge on any atom is 0.274 e. The number of nitrogens with one attached hydrogen (secondary N) is 2. The summed E-state index contributed by atoms with van der Waals surface area (Å²) in [5.41, 5.74) is 7.99. The summed E-state index contributed by atoms with van der Waals surface area (Å²) in [6, 6.07) is 5.64. The molecule has 3 aliphatic rings. The van der Waals surface area contributed by atoms with Gasteiger partial charge in [-0.05, 0) is 81.2 Å². The van der Waals surface area contributed by atoms with Gasteiger partial charge >= 0.3 is 0 Å². The van der Waals surface area contributed by atoms with E-state index in [0.29, 0.717) is 25.2 Å². The molecule has 8 nitrogen and oxygen atoms in total. The van der Waals surface area contributed by atoms with E-state index in [1.54, 1.807) is 0 Å². The average Bonchev–Trinajstić information content (AvgIpc) is 3.61. The number of benzene rings is 1. The first-order chi connectivity index (χ1) is 18.3. The number of halogens is 2. The van der Waals surface area contributed by atoms with Crippen LogP contribution >= 0.6 is 0 Å². The lowest BCUT2D eigenvalue weighted by atomic mass is 9.86. The molecule has 3 fully saturated rings. The Bertz CT molecular complexity index is 1250. The lowest BCUT2D eigenvalue weighted by Crippen LogP contribution is -2.50. The molecule has 0 radical (unpaired) electrons. The van der Waals surface area contributed by atoms with Gasteiger partial charge in [-0.3, -0.25) is 9.79 Å². The number of anilines is 1. The highest BCUT2D eigenvalue weighted by Crippen LogP contribution is 2.44. The molecule has 1 aliphatic heterocycles. The molecule has 1 aromatic heterocycles. The van der Waals surface area contributed by atoms with Gasteiger partial charge in [0.1, 0.15) is 22.9 Å². The molecule has 2 atom stereocenters. The van der Waals surface area contributed by atoms with Gasteiger partial charge in [0.15, 0.2) is 5.96 Å². The Morgan fingerprint density at radius 3 is 2.71 bits per heavy atom. The van der Waals surface area contributed by atoms with Crippen LogP contribution in [-0.4, -0.2) is 52.6 Å². The Hall–Kier alpha value is -3.53. The zero-order valence-corrected chi connectivity index (χ0v) is 21.5. The number of nitrogens with zero attached hydrogens (tertiary/aromatic N) is 3. The second kappa shape index (κ2) is 10.7. The van der Waals surface area contributed by atoms with Gasteiger partial charge in [0, 0.05) is 37.1 Å². The molecule has 1 saturated heterocycles. The van der Waals surface area contributed by atoms with Crippen molar-refractivity contribution in [1.29, 1.82) is 0 Å². The fraction of sp³-hybridized carbons (Fsp3) is 0.464. The minimum atomic E-state index is -1.34. The molecular formula is C28H34F2N6O2. The Balaban J connectivity index is 1.41. The number of nitrogens with two attached hydrogens (primary N) is 1. The smallest absolute Gasteiger partial charge is 0.274 e. The van der Waals surface area contributed by atoms with E-state index in [-0.39, 0.29) is 17.2 Å². The number of hydrogen-bond acceptors (Lipinski definition) is 5. The number of aliphatic hydroxyl groups is 1. The minimum Gasteiger partial charge on any atom is -0.385 e. The zero-order valence-electron chi connectivity index (χ0n) is 21.5. The van der Waals surface area contributed by atoms with Crippen molar-refractivity contribution in [2.75, 3.05) is 25.5 Å². The monoisotopic (exact) mass is 524 g/mol. The van der Waals surface area contributed by atoms with Gasteiger partial charge in [-0.2, -0.15) is 0 Å². The predicted octanol–water partition coefficient (Wildman–Crippen LogP) is 3.86. The van der Waals surface area contributed by atoms with Gasteiger partial charge in [0.2, 0.25) is 0 Å². The number of rotatable bonds is 8. The SMILES string of the molecule is CN=C(N)NC(c1cc(NC(=O)c2ccc(F)cn2)ccc1F)C1(O)CCN(C(CC2CC2)=C2CCC2)C1. The molecule has 1 amide bonds. The number of aliphatic imine (C=N–C) groups is 1. The molecule has 2 aromatic rings. The summed E-state index contributed by atoms with van der Waals surface area (Å²) in [4.78, 5) is 22.7. The van der Waals surface area contributed by atoms with Crippen LogP contribution in [0.4, 0.5) is 14.5 Å². The van der Waals surface area contributed by atoms with Gasteiger partial charge in [0.05, 0.1) is 12.2 Å². The second-order valence-corrected chi connectivity index (χ2v) is 10.6. The summed E-state index contributed by atoms with van der Waals surface area (Å²) in [6.45, 7) is 1.00. The molecule has 5 N–H and O–H groups in total. The standard InChI is InChI=1S/C28H34F2N6O2/c1-32-27(31)35-25(28(38)11-12-36(16-28)24(13-17-5-6-17)18-3-2-4-18)21-14-20(8-9-22(21)30)34-26(37)23-10-7-19(29)15-33-23/h7-10,14-15,17,25,38H,2-6,11-13,16H2,1H3,(H,34,37)(H3,31,32,35). The molecule has 2 aliphatic carbocycles. The average molecular weight is 525 g/mol. The van der Waals surface area contributed by atoms with Gasteiger partial charge in [-0.1, -0.05) is 5.57 Å². The minimum absolute atomic E-state index is 0.0200. The number of aromatic nitrogens is 1. The summed E-state index contributed by atoms with van der Waals surface area (Å²) in [5, 5.41) is 17.7. The fourth-order valence-corrected chi connectivity index (χ4v) is 5.28. The molecular weight excluding hydrogens is 490 g/mol. The molecule has 38 heavy (non-hydrogen) atoms. The lowest BCUT2D eigenvalue weighted by molar-refractivity contribution is 0.0169. The van der Waals surface area contributed by atoms with Crippen LogP contribution in [0.25, 0.3) is 0 Å². The largest absolute Gasteiger partial charge is 0.385 e. The third kappa shape index (κ3) is 5.65. The highest BCUT2D eigenvalue weighted by Gasteiger charge is 2.46. The van der Waals surface area contributed by atoms with Crippen molar-refractivity contribution in [2.24, 2.45) is 16.6 Å². The Labute approximate surface area is 221 Å². The summed E-state index contributed by atoms with van der Waals surface area (Å²) >= 11 is 0. The first-order valence-corrected chi connectivity index (χ1v) is 13.1. The third-order valence-electron chi connectivity index (χ3n) is 7.80. The molecule has 2 saturated carbocycles. The Kier molecular flexibility index (Phi) is 7.34. The van der Waals surface area contributed by atoms with E-state index in [4.69, 9.17) is 5.73 Å².